The van der Waals surface area contributed by atoms with Crippen LogP contribution in [0.4, 0.5) is 27.6 Å². The Bertz CT molecular complexity index is 857. The number of anilines is 1. The van der Waals surface area contributed by atoms with Gasteiger partial charge in [-0.2, -0.15) is 13.2 Å². The van der Waals surface area contributed by atoms with Gasteiger partial charge in [0.15, 0.2) is 17.7 Å². The zero-order valence-corrected chi connectivity index (χ0v) is 15.5. The molecule has 0 fully saturated rings. The number of amides is 1. The molecule has 0 aromatic heterocycles. The first-order valence-corrected chi connectivity index (χ1v) is 8.37. The molecule has 0 radical (unpaired) electrons. The van der Waals surface area contributed by atoms with Crippen LogP contribution < -0.4 is 14.8 Å². The summed E-state index contributed by atoms with van der Waals surface area (Å²) in [5, 5.41) is 2.30. The van der Waals surface area contributed by atoms with Crippen LogP contribution in [-0.4, -0.2) is 32.3 Å². The predicted molar refractivity (Wildman–Crippen MR) is 93.9 cm³/mol. The third kappa shape index (κ3) is 6.31. The van der Waals surface area contributed by atoms with Crippen LogP contribution in [-0.2, 0) is 15.7 Å². The summed E-state index contributed by atoms with van der Waals surface area (Å²) in [5.41, 5.74) is -1.21. The fourth-order valence-corrected chi connectivity index (χ4v) is 2.21. The lowest BCUT2D eigenvalue weighted by Gasteiger charge is -2.18. The van der Waals surface area contributed by atoms with Crippen LogP contribution in [0.15, 0.2) is 36.4 Å². The lowest BCUT2D eigenvalue weighted by atomic mass is 10.1. The SMILES string of the molecule is COCCOc1ccc(C(F)(F)F)cc1NC(=O)C(C)Oc1ccc(F)c(F)c1. The normalized spacial score (nSPS) is 12.4. The van der Waals surface area contributed by atoms with Crippen molar-refractivity contribution in [3.05, 3.63) is 53.6 Å². The van der Waals surface area contributed by atoms with Gasteiger partial charge in [0.2, 0.25) is 0 Å². The van der Waals surface area contributed by atoms with Gasteiger partial charge in [0.05, 0.1) is 17.9 Å². The summed E-state index contributed by atoms with van der Waals surface area (Å²) in [6.07, 6.45) is -5.85. The second-order valence-electron chi connectivity index (χ2n) is 5.88. The highest BCUT2D eigenvalue weighted by molar-refractivity contribution is 5.95. The fraction of sp³-hybridized carbons (Fsp3) is 0.316. The second kappa shape index (κ2) is 9.55. The average Bonchev–Trinajstić information content (AvgIpc) is 2.65. The van der Waals surface area contributed by atoms with Gasteiger partial charge in [0.1, 0.15) is 18.1 Å². The summed E-state index contributed by atoms with van der Waals surface area (Å²) in [5.74, 6) is -3.18. The van der Waals surface area contributed by atoms with E-state index in [-0.39, 0.29) is 30.4 Å². The maximum Gasteiger partial charge on any atom is 0.416 e. The highest BCUT2D eigenvalue weighted by Crippen LogP contribution is 2.35. The fourth-order valence-electron chi connectivity index (χ4n) is 2.21. The molecule has 1 unspecified atom stereocenters. The van der Waals surface area contributed by atoms with Crippen LogP contribution >= 0.6 is 0 Å². The summed E-state index contributed by atoms with van der Waals surface area (Å²) in [7, 11) is 1.43. The predicted octanol–water partition coefficient (Wildman–Crippen LogP) is 4.41. The van der Waals surface area contributed by atoms with Crippen molar-refractivity contribution in [2.24, 2.45) is 0 Å². The van der Waals surface area contributed by atoms with E-state index in [4.69, 9.17) is 14.2 Å². The van der Waals surface area contributed by atoms with Gasteiger partial charge in [0.25, 0.3) is 5.91 Å². The van der Waals surface area contributed by atoms with E-state index in [0.29, 0.717) is 0 Å². The van der Waals surface area contributed by atoms with Crippen LogP contribution in [0.25, 0.3) is 0 Å². The van der Waals surface area contributed by atoms with Gasteiger partial charge < -0.3 is 19.5 Å². The molecule has 1 amide bonds. The molecule has 5 nitrogen and oxygen atoms in total. The van der Waals surface area contributed by atoms with Gasteiger partial charge in [-0.3, -0.25) is 4.79 Å². The first-order valence-electron chi connectivity index (χ1n) is 8.37. The van der Waals surface area contributed by atoms with Gasteiger partial charge in [-0.25, -0.2) is 8.78 Å². The molecule has 0 aliphatic heterocycles. The maximum absolute atomic E-state index is 13.2. The van der Waals surface area contributed by atoms with Crippen LogP contribution in [0, 0.1) is 11.6 Å². The largest absolute Gasteiger partial charge is 0.489 e. The van der Waals surface area contributed by atoms with Gasteiger partial charge in [-0.15, -0.1) is 0 Å². The Kier molecular flexibility index (Phi) is 7.38. The van der Waals surface area contributed by atoms with Gasteiger partial charge >= 0.3 is 6.18 Å². The number of halogens is 5. The van der Waals surface area contributed by atoms with Crippen LogP contribution in [0.1, 0.15) is 12.5 Å². The molecule has 0 aliphatic carbocycles. The zero-order valence-electron chi connectivity index (χ0n) is 15.5. The van der Waals surface area contributed by atoms with Crippen LogP contribution in [0.5, 0.6) is 11.5 Å². The van der Waals surface area contributed by atoms with E-state index < -0.39 is 35.4 Å². The highest BCUT2D eigenvalue weighted by Gasteiger charge is 2.31. The summed E-state index contributed by atoms with van der Waals surface area (Å²) >= 11 is 0. The van der Waals surface area contributed by atoms with E-state index in [9.17, 15) is 26.7 Å². The molecule has 2 aromatic carbocycles. The van der Waals surface area contributed by atoms with E-state index in [1.54, 1.807) is 0 Å². The van der Waals surface area contributed by atoms with E-state index >= 15 is 0 Å². The smallest absolute Gasteiger partial charge is 0.416 e. The molecule has 0 aliphatic rings. The summed E-state index contributed by atoms with van der Waals surface area (Å²) < 4.78 is 80.6. The van der Waals surface area contributed by atoms with Crippen molar-refractivity contribution in [3.8, 4) is 11.5 Å². The Balaban J connectivity index is 2.17. The molecular formula is C19H18F5NO4. The lowest BCUT2D eigenvalue weighted by Crippen LogP contribution is -2.30. The van der Waals surface area contributed by atoms with E-state index in [2.05, 4.69) is 5.32 Å². The third-order valence-corrected chi connectivity index (χ3v) is 3.68. The highest BCUT2D eigenvalue weighted by atomic mass is 19.4. The Labute approximate surface area is 163 Å². The number of methoxy groups -OCH3 is 1. The van der Waals surface area contributed by atoms with E-state index in [1.165, 1.54) is 14.0 Å². The molecule has 29 heavy (non-hydrogen) atoms. The molecule has 10 heteroatoms. The molecule has 0 bridgehead atoms. The monoisotopic (exact) mass is 419 g/mol. The number of carbonyl (C=O) groups excluding carboxylic acids is 1. The summed E-state index contributed by atoms with van der Waals surface area (Å²) in [6.45, 7) is 1.53. The summed E-state index contributed by atoms with van der Waals surface area (Å²) in [6, 6.07) is 5.32. The topological polar surface area (TPSA) is 56.8 Å². The van der Waals surface area contributed by atoms with Crippen molar-refractivity contribution in [3.63, 3.8) is 0 Å². The quantitative estimate of drug-likeness (QED) is 0.509. The van der Waals surface area contributed by atoms with Crippen molar-refractivity contribution in [1.82, 2.24) is 0 Å². The molecule has 1 N–H and O–H groups in total. The number of rotatable bonds is 8. The first kappa shape index (κ1) is 22.4. The van der Waals surface area contributed by atoms with Crippen LogP contribution in [0.2, 0.25) is 0 Å². The lowest BCUT2D eigenvalue weighted by molar-refractivity contribution is -0.137. The second-order valence-corrected chi connectivity index (χ2v) is 5.88. The average molecular weight is 419 g/mol. The van der Waals surface area contributed by atoms with Crippen molar-refractivity contribution < 1.29 is 41.0 Å². The Morgan fingerprint density at radius 2 is 1.79 bits per heavy atom. The minimum absolute atomic E-state index is 0.00317. The van der Waals surface area contributed by atoms with Gasteiger partial charge in [-0.05, 0) is 37.3 Å². The summed E-state index contributed by atoms with van der Waals surface area (Å²) in [4.78, 5) is 12.3. The molecule has 0 spiro atoms. The molecule has 2 rings (SSSR count). The standard InChI is InChI=1S/C19H18F5NO4/c1-11(29-13-4-5-14(20)15(21)10-13)18(26)25-16-9-12(19(22,23)24)3-6-17(16)28-8-7-27-2/h3-6,9-11H,7-8H2,1-2H3,(H,25,26). The zero-order chi connectivity index (χ0) is 21.6. The number of hydrogen-bond donors (Lipinski definition) is 1. The van der Waals surface area contributed by atoms with Crippen molar-refractivity contribution in [2.45, 2.75) is 19.2 Å². The molecule has 1 atom stereocenters. The molecule has 158 valence electrons. The first-order chi connectivity index (χ1) is 13.6. The Morgan fingerprint density at radius 3 is 2.41 bits per heavy atom. The molecule has 0 heterocycles. The van der Waals surface area contributed by atoms with Crippen molar-refractivity contribution in [2.75, 3.05) is 25.6 Å². The van der Waals surface area contributed by atoms with Gasteiger partial charge in [-0.1, -0.05) is 0 Å². The molecule has 0 saturated heterocycles. The van der Waals surface area contributed by atoms with Gasteiger partial charge in [0, 0.05) is 13.2 Å². The minimum atomic E-state index is -4.63. The van der Waals surface area contributed by atoms with E-state index in [1.807, 2.05) is 0 Å². The molecular weight excluding hydrogens is 401 g/mol. The Morgan fingerprint density at radius 1 is 1.07 bits per heavy atom. The third-order valence-electron chi connectivity index (χ3n) is 3.68. The number of carbonyl (C=O) groups is 1. The molecule has 2 aromatic rings. The number of hydrogen-bond acceptors (Lipinski definition) is 4. The van der Waals surface area contributed by atoms with Crippen molar-refractivity contribution >= 4 is 11.6 Å². The Hall–Kier alpha value is -2.88. The number of ether oxygens (including phenoxy) is 3. The van der Waals surface area contributed by atoms with Crippen molar-refractivity contribution in [1.29, 1.82) is 0 Å². The number of nitrogens with one attached hydrogen (secondary N) is 1. The molecule has 0 saturated carbocycles. The number of benzene rings is 2. The minimum Gasteiger partial charge on any atom is -0.489 e. The van der Waals surface area contributed by atoms with E-state index in [0.717, 1.165) is 36.4 Å². The number of alkyl halides is 3. The maximum atomic E-state index is 13.2. The van der Waals surface area contributed by atoms with Crippen LogP contribution in [0.3, 0.4) is 0 Å².